The van der Waals surface area contributed by atoms with E-state index in [1.165, 1.54) is 28.9 Å². The Morgan fingerprint density at radius 2 is 1.97 bits per heavy atom. The lowest BCUT2D eigenvalue weighted by molar-refractivity contribution is 0.159. The van der Waals surface area contributed by atoms with Crippen molar-refractivity contribution >= 4 is 11.5 Å². The van der Waals surface area contributed by atoms with E-state index >= 15 is 0 Å². The van der Waals surface area contributed by atoms with E-state index in [9.17, 15) is 4.79 Å². The zero-order valence-electron chi connectivity index (χ0n) is 21.8. The van der Waals surface area contributed by atoms with E-state index in [1.54, 1.807) is 13.2 Å². The van der Waals surface area contributed by atoms with Gasteiger partial charge in [0.1, 0.15) is 25.0 Å². The number of rotatable bonds is 5. The summed E-state index contributed by atoms with van der Waals surface area (Å²) in [7, 11) is 1.60. The number of aromatic nitrogens is 3. The molecule has 0 spiro atoms. The molecular weight excluding hydrogens is 412 g/mol. The Morgan fingerprint density at radius 1 is 1.19 bits per heavy atom. The van der Waals surface area contributed by atoms with Crippen LogP contribution in [0.1, 0.15) is 29.5 Å². The summed E-state index contributed by atoms with van der Waals surface area (Å²) in [6, 6.07) is 6.05. The van der Waals surface area contributed by atoms with E-state index in [2.05, 4.69) is 15.0 Å². The van der Waals surface area contributed by atoms with E-state index in [0.29, 0.717) is 49.8 Å². The van der Waals surface area contributed by atoms with Crippen molar-refractivity contribution in [2.75, 3.05) is 38.2 Å². The lowest BCUT2D eigenvalue weighted by Gasteiger charge is -2.34. The van der Waals surface area contributed by atoms with Gasteiger partial charge >= 0.3 is 0 Å². The molecule has 0 saturated carbocycles. The number of nitrogens with zero attached hydrogens (tertiary/aromatic N) is 4. The number of piperidine rings is 1. The van der Waals surface area contributed by atoms with Crippen molar-refractivity contribution in [2.45, 2.75) is 32.5 Å². The maximum atomic E-state index is 12.4. The van der Waals surface area contributed by atoms with Gasteiger partial charge in [0, 0.05) is 62.5 Å². The van der Waals surface area contributed by atoms with Crippen LogP contribution in [0, 0.1) is 6.92 Å². The molecule has 2 aromatic heterocycles. The fourth-order valence-electron chi connectivity index (χ4n) is 4.05. The van der Waals surface area contributed by atoms with Gasteiger partial charge in [-0.25, -0.2) is 4.98 Å². The summed E-state index contributed by atoms with van der Waals surface area (Å²) < 4.78 is 54.1. The maximum Gasteiger partial charge on any atom is 0.274 e. The van der Waals surface area contributed by atoms with Gasteiger partial charge in [-0.3, -0.25) is 4.79 Å². The van der Waals surface area contributed by atoms with E-state index in [-0.39, 0.29) is 23.2 Å². The molecule has 0 bridgehead atoms. The number of anilines is 1. The van der Waals surface area contributed by atoms with Crippen molar-refractivity contribution in [3.8, 4) is 17.2 Å². The molecule has 0 amide bonds. The van der Waals surface area contributed by atoms with Gasteiger partial charge in [-0.2, -0.15) is 4.52 Å². The minimum absolute atomic E-state index is 0.0887. The van der Waals surface area contributed by atoms with E-state index in [1.807, 2.05) is 6.92 Å². The molecule has 1 fully saturated rings. The summed E-state index contributed by atoms with van der Waals surface area (Å²) in [5.41, 5.74) is 1.96. The number of benzene rings is 1. The number of hydrogen-bond donors (Lipinski definition) is 0. The second-order valence-electron chi connectivity index (χ2n) is 7.70. The monoisotopic (exact) mass is 442 g/mol. The molecule has 0 N–H and O–H groups in total. The van der Waals surface area contributed by atoms with Crippen LogP contribution in [0.4, 0.5) is 5.82 Å². The highest BCUT2D eigenvalue weighted by molar-refractivity contribution is 5.59. The average molecular weight is 443 g/mol. The Bertz CT molecular complexity index is 1360. The van der Waals surface area contributed by atoms with Crippen molar-refractivity contribution in [1.82, 2.24) is 14.6 Å². The average Bonchev–Trinajstić information content (AvgIpc) is 2.82. The van der Waals surface area contributed by atoms with Crippen molar-refractivity contribution in [3.63, 3.8) is 0 Å². The third kappa shape index (κ3) is 3.84. The highest BCUT2D eigenvalue weighted by atomic mass is 16.6. The summed E-state index contributed by atoms with van der Waals surface area (Å²) in [6.45, 7) is -1.67. The second kappa shape index (κ2) is 8.66. The van der Waals surface area contributed by atoms with Crippen LogP contribution in [0.5, 0.6) is 17.2 Å². The van der Waals surface area contributed by atoms with Gasteiger partial charge in [0.15, 0.2) is 23.0 Å². The summed E-state index contributed by atoms with van der Waals surface area (Å²) in [5.74, 6) is 1.39. The summed E-state index contributed by atoms with van der Waals surface area (Å²) >= 11 is 0. The molecule has 2 aliphatic heterocycles. The Labute approximate surface area is 191 Å². The minimum Gasteiger partial charge on any atom is -0.490 e. The molecular formula is C23H26N4O5. The fraction of sp³-hybridized carbons (Fsp3) is 0.435. The molecule has 168 valence electrons. The first-order valence-corrected chi connectivity index (χ1v) is 10.4. The molecule has 32 heavy (non-hydrogen) atoms. The third-order valence-corrected chi connectivity index (χ3v) is 5.69. The Morgan fingerprint density at radius 3 is 2.75 bits per heavy atom. The summed E-state index contributed by atoms with van der Waals surface area (Å²) in [4.78, 5) is 18.9. The van der Waals surface area contributed by atoms with Gasteiger partial charge in [0.2, 0.25) is 0 Å². The van der Waals surface area contributed by atoms with Crippen LogP contribution in [0.25, 0.3) is 5.65 Å². The predicted octanol–water partition coefficient (Wildman–Crippen LogP) is 2.36. The van der Waals surface area contributed by atoms with Crippen molar-refractivity contribution in [3.05, 3.63) is 51.9 Å². The Balaban J connectivity index is 1.31. The van der Waals surface area contributed by atoms with Crippen LogP contribution in [0.15, 0.2) is 35.3 Å². The van der Waals surface area contributed by atoms with Crippen LogP contribution in [-0.4, -0.2) is 54.0 Å². The van der Waals surface area contributed by atoms with Crippen molar-refractivity contribution < 1.29 is 24.4 Å². The topological polar surface area (TPSA) is 87.4 Å². The summed E-state index contributed by atoms with van der Waals surface area (Å²) in [6.07, 6.45) is 2.76. The largest absolute Gasteiger partial charge is 0.490 e. The number of hydrogen-bond acceptors (Lipinski definition) is 8. The molecule has 2 aliphatic rings. The molecule has 1 aromatic carbocycles. The van der Waals surface area contributed by atoms with Gasteiger partial charge in [-0.1, -0.05) is 0 Å². The normalized spacial score (nSPS) is 21.4. The van der Waals surface area contributed by atoms with Crippen LogP contribution in [-0.2, 0) is 11.3 Å². The van der Waals surface area contributed by atoms with Gasteiger partial charge in [-0.15, -0.1) is 5.10 Å². The third-order valence-electron chi connectivity index (χ3n) is 5.69. The molecule has 3 aromatic rings. The first-order chi connectivity index (χ1) is 17.1. The number of fused-ring (bicyclic) bond motifs is 2. The molecule has 0 atom stereocenters. The molecule has 1 saturated heterocycles. The van der Waals surface area contributed by atoms with Crippen molar-refractivity contribution in [1.29, 1.82) is 0 Å². The van der Waals surface area contributed by atoms with Crippen LogP contribution >= 0.6 is 0 Å². The minimum atomic E-state index is -2.63. The van der Waals surface area contributed by atoms with E-state index < -0.39 is 13.1 Å². The molecule has 9 heteroatoms. The molecule has 0 aliphatic carbocycles. The van der Waals surface area contributed by atoms with Crippen LogP contribution in [0.3, 0.4) is 0 Å². The number of ether oxygens (including phenoxy) is 4. The Kier molecular flexibility index (Phi) is 4.42. The first kappa shape index (κ1) is 16.3. The van der Waals surface area contributed by atoms with E-state index in [4.69, 9.17) is 24.4 Å². The standard InChI is InChI=1S/C23H26N4O5/c1-15-18(14-29-2)23-24-8-5-21(28)27(23)25-22(15)26-9-6-16(7-10-26)32-17-3-4-19-20(13-17)31-12-11-30-19/h3-5,8,13,16H,6-7,9-12,14H2,1-2H3/i11D2,12D2. The van der Waals surface area contributed by atoms with Gasteiger partial charge in [0.05, 0.1) is 12.1 Å². The zero-order valence-corrected chi connectivity index (χ0v) is 17.8. The predicted molar refractivity (Wildman–Crippen MR) is 118 cm³/mol. The fourth-order valence-corrected chi connectivity index (χ4v) is 4.05. The molecule has 4 heterocycles. The Hall–Kier alpha value is -3.33. The van der Waals surface area contributed by atoms with E-state index in [0.717, 1.165) is 11.1 Å². The molecule has 0 radical (unpaired) electrons. The van der Waals surface area contributed by atoms with Crippen LogP contribution < -0.4 is 24.7 Å². The second-order valence-corrected chi connectivity index (χ2v) is 7.70. The zero-order chi connectivity index (χ0) is 25.7. The van der Waals surface area contributed by atoms with Gasteiger partial charge in [0.25, 0.3) is 5.56 Å². The molecule has 9 nitrogen and oxygen atoms in total. The molecule has 5 rings (SSSR count). The molecule has 0 unspecified atom stereocenters. The van der Waals surface area contributed by atoms with Gasteiger partial charge in [-0.05, 0) is 19.1 Å². The quantitative estimate of drug-likeness (QED) is 0.595. The van der Waals surface area contributed by atoms with Gasteiger partial charge < -0.3 is 23.8 Å². The van der Waals surface area contributed by atoms with Crippen LogP contribution in [0.2, 0.25) is 0 Å². The SMILES string of the molecule is [2H]C1([2H])Oc2ccc(OC3CCN(c4nn5c(=O)ccnc5c(COC)c4C)CC3)cc2OC1([2H])[2H]. The van der Waals surface area contributed by atoms with Crippen molar-refractivity contribution in [2.24, 2.45) is 0 Å². The maximum absolute atomic E-state index is 12.4. The highest BCUT2D eigenvalue weighted by Gasteiger charge is 2.25. The lowest BCUT2D eigenvalue weighted by Crippen LogP contribution is -2.40. The smallest absolute Gasteiger partial charge is 0.274 e. The summed E-state index contributed by atoms with van der Waals surface area (Å²) in [5, 5.41) is 4.60. The number of methoxy groups -OCH3 is 1. The first-order valence-electron chi connectivity index (χ1n) is 12.4. The lowest BCUT2D eigenvalue weighted by atomic mass is 10.1. The highest BCUT2D eigenvalue weighted by Crippen LogP contribution is 2.35.